The lowest BCUT2D eigenvalue weighted by molar-refractivity contribution is 0.0508. The predicted octanol–water partition coefficient (Wildman–Crippen LogP) is 3.29. The lowest BCUT2D eigenvalue weighted by Gasteiger charge is -2.41. The van der Waals surface area contributed by atoms with Crippen molar-refractivity contribution in [3.63, 3.8) is 0 Å². The van der Waals surface area contributed by atoms with Crippen LogP contribution in [0.25, 0.3) is 0 Å². The maximum Gasteiger partial charge on any atom is 0.254 e. The Kier molecular flexibility index (Phi) is 9.54. The van der Waals surface area contributed by atoms with Gasteiger partial charge >= 0.3 is 0 Å². The minimum Gasteiger partial charge on any atom is -0.491 e. The summed E-state index contributed by atoms with van der Waals surface area (Å²) in [7, 11) is -3.48. The van der Waals surface area contributed by atoms with Crippen molar-refractivity contribution >= 4 is 33.7 Å². The van der Waals surface area contributed by atoms with Crippen molar-refractivity contribution in [2.24, 2.45) is 10.7 Å². The van der Waals surface area contributed by atoms with Crippen molar-refractivity contribution < 1.29 is 17.9 Å². The molecule has 1 aromatic carbocycles. The second kappa shape index (κ2) is 12.9. The summed E-state index contributed by atoms with van der Waals surface area (Å²) in [6.45, 7) is 10.0. The molecule has 11 nitrogen and oxygen atoms in total. The zero-order chi connectivity index (χ0) is 29.7. The lowest BCUT2D eigenvalue weighted by Crippen LogP contribution is -2.50. The molecular weight excluding hydrogens is 542 g/mol. The molecule has 0 spiro atoms. The maximum atomic E-state index is 13.3. The van der Waals surface area contributed by atoms with Gasteiger partial charge in [-0.25, -0.2) is 13.4 Å². The van der Waals surface area contributed by atoms with Crippen molar-refractivity contribution in [2.75, 3.05) is 35.9 Å². The van der Waals surface area contributed by atoms with E-state index in [4.69, 9.17) is 15.5 Å². The number of rotatable bonds is 10. The van der Waals surface area contributed by atoms with Crippen LogP contribution in [0.15, 0.2) is 58.9 Å². The third-order valence-corrected chi connectivity index (χ3v) is 7.70. The largest absolute Gasteiger partial charge is 0.491 e. The number of piperidine rings is 1. The van der Waals surface area contributed by atoms with Gasteiger partial charge in [0.05, 0.1) is 12.4 Å². The van der Waals surface area contributed by atoms with E-state index in [2.05, 4.69) is 19.9 Å². The quantitative estimate of drug-likeness (QED) is 0.362. The first-order valence-electron chi connectivity index (χ1n) is 13.9. The zero-order valence-corrected chi connectivity index (χ0v) is 25.2. The van der Waals surface area contributed by atoms with Crippen LogP contribution in [0.3, 0.4) is 0 Å². The number of ether oxygens (including phenoxy) is 1. The number of nitrogens with zero attached hydrogens (tertiary/aromatic N) is 4. The fraction of sp³-hybridized carbons (Fsp3) is 0.483. The van der Waals surface area contributed by atoms with Gasteiger partial charge in [-0.3, -0.25) is 19.4 Å². The Morgan fingerprint density at radius 1 is 1.22 bits per heavy atom. The molecule has 0 aliphatic carbocycles. The number of likely N-dealkylation sites (tertiary alicyclic amines) is 1. The van der Waals surface area contributed by atoms with Gasteiger partial charge in [0.25, 0.3) is 5.91 Å². The highest BCUT2D eigenvalue weighted by atomic mass is 32.2. The van der Waals surface area contributed by atoms with E-state index in [1.807, 2.05) is 63.1 Å². The molecule has 3 atom stereocenters. The third-order valence-electron chi connectivity index (χ3n) is 7.12. The molecular formula is C29H41N7O4S. The normalized spacial score (nSPS) is 21.0. The highest BCUT2D eigenvalue weighted by Crippen LogP contribution is 2.27. The number of sulfonamides is 1. The Labute approximate surface area is 242 Å². The van der Waals surface area contributed by atoms with Gasteiger partial charge in [-0.1, -0.05) is 6.07 Å². The molecule has 12 heteroatoms. The molecule has 2 aliphatic rings. The van der Waals surface area contributed by atoms with Gasteiger partial charge in [0.2, 0.25) is 10.0 Å². The van der Waals surface area contributed by atoms with E-state index < -0.39 is 10.0 Å². The van der Waals surface area contributed by atoms with Gasteiger partial charge in [0.15, 0.2) is 0 Å². The average Bonchev–Trinajstić information content (AvgIpc) is 3.26. The van der Waals surface area contributed by atoms with Crippen LogP contribution in [0.5, 0.6) is 5.75 Å². The molecule has 3 heterocycles. The Balaban J connectivity index is 1.30. The van der Waals surface area contributed by atoms with Crippen LogP contribution < -0.4 is 20.5 Å². The molecule has 4 rings (SSSR count). The van der Waals surface area contributed by atoms with Crippen LogP contribution in [-0.4, -0.2) is 85.6 Å². The molecule has 4 N–H and O–H groups in total. The first kappa shape index (κ1) is 30.3. The molecule has 0 bridgehead atoms. The molecule has 1 fully saturated rings. The zero-order valence-electron chi connectivity index (χ0n) is 24.4. The number of nitrogens with one attached hydrogen (secondary N) is 2. The standard InChI is InChI=1S/C29H41N7O4S/c1-19(2)40-26-8-6-7-24(15-26)33-21(4)32-16-23-17-35(18-27(23)30)25-10-12-36(20(3)13-25)29(37)22-9-11-31-28(14-22)34-41(5,38)39/h6-9,11,14-16,19-21,25,33H,10,12-13,17-18,30H2,1-5H3,(H,31,34)/t20-,21?,25-/m1/s1. The summed E-state index contributed by atoms with van der Waals surface area (Å²) in [6.07, 6.45) is 5.96. The van der Waals surface area contributed by atoms with Gasteiger partial charge < -0.3 is 20.7 Å². The second-order valence-corrected chi connectivity index (χ2v) is 12.8. The predicted molar refractivity (Wildman–Crippen MR) is 163 cm³/mol. The van der Waals surface area contributed by atoms with E-state index in [9.17, 15) is 13.2 Å². The number of pyridine rings is 1. The smallest absolute Gasteiger partial charge is 0.254 e. The lowest BCUT2D eigenvalue weighted by atomic mass is 9.96. The van der Waals surface area contributed by atoms with Crippen molar-refractivity contribution in [1.82, 2.24) is 14.8 Å². The summed E-state index contributed by atoms with van der Waals surface area (Å²) in [5, 5.41) is 3.39. The third kappa shape index (κ3) is 8.43. The number of benzene rings is 1. The summed E-state index contributed by atoms with van der Waals surface area (Å²) in [4.78, 5) is 26.2. The van der Waals surface area contributed by atoms with E-state index in [0.717, 1.165) is 48.3 Å². The molecule has 1 amide bonds. The number of hydrogen-bond donors (Lipinski definition) is 3. The molecule has 1 unspecified atom stereocenters. The summed E-state index contributed by atoms with van der Waals surface area (Å²) in [5.74, 6) is 0.812. The molecule has 222 valence electrons. The van der Waals surface area contributed by atoms with Gasteiger partial charge in [-0.2, -0.15) is 0 Å². The van der Waals surface area contributed by atoms with Crippen LogP contribution in [0.2, 0.25) is 0 Å². The molecule has 1 saturated heterocycles. The minimum absolute atomic E-state index is 0.0133. The fourth-order valence-corrected chi connectivity index (χ4v) is 5.74. The molecule has 0 radical (unpaired) electrons. The van der Waals surface area contributed by atoms with Crippen molar-refractivity contribution in [2.45, 2.75) is 64.9 Å². The topological polar surface area (TPSA) is 142 Å². The van der Waals surface area contributed by atoms with Gasteiger partial charge in [-0.15, -0.1) is 0 Å². The first-order valence-corrected chi connectivity index (χ1v) is 15.8. The van der Waals surface area contributed by atoms with E-state index in [-0.39, 0.29) is 36.1 Å². The summed E-state index contributed by atoms with van der Waals surface area (Å²) in [5.41, 5.74) is 9.60. The number of aliphatic imine (C=N–C) groups is 1. The van der Waals surface area contributed by atoms with E-state index in [1.165, 1.54) is 12.3 Å². The van der Waals surface area contributed by atoms with Crippen LogP contribution in [0.4, 0.5) is 11.5 Å². The summed E-state index contributed by atoms with van der Waals surface area (Å²) in [6, 6.07) is 11.2. The van der Waals surface area contributed by atoms with Crippen LogP contribution in [0, 0.1) is 0 Å². The van der Waals surface area contributed by atoms with Crippen molar-refractivity contribution in [1.29, 1.82) is 0 Å². The van der Waals surface area contributed by atoms with Crippen LogP contribution in [-0.2, 0) is 10.0 Å². The molecule has 41 heavy (non-hydrogen) atoms. The number of hydrogen-bond acceptors (Lipinski definition) is 9. The van der Waals surface area contributed by atoms with E-state index in [1.54, 1.807) is 6.07 Å². The highest BCUT2D eigenvalue weighted by molar-refractivity contribution is 7.92. The number of aromatic nitrogens is 1. The molecule has 0 saturated carbocycles. The Morgan fingerprint density at radius 2 is 2.00 bits per heavy atom. The minimum atomic E-state index is -3.48. The SMILES string of the molecule is CC(N=CC1=C(N)CN([C@@H]2CCN(C(=O)c3ccnc(NS(C)(=O)=O)c3)[C@H](C)C2)C1)Nc1cccc(OC(C)C)c1. The van der Waals surface area contributed by atoms with Crippen LogP contribution in [0.1, 0.15) is 50.9 Å². The van der Waals surface area contributed by atoms with E-state index >= 15 is 0 Å². The summed E-state index contributed by atoms with van der Waals surface area (Å²) < 4.78 is 31.2. The fourth-order valence-electron chi connectivity index (χ4n) is 5.25. The van der Waals surface area contributed by atoms with E-state index in [0.29, 0.717) is 18.7 Å². The Bertz CT molecular complexity index is 1410. The number of nitrogens with two attached hydrogens (primary N) is 1. The van der Waals surface area contributed by atoms with Crippen molar-refractivity contribution in [3.05, 3.63) is 59.4 Å². The average molecular weight is 584 g/mol. The maximum absolute atomic E-state index is 13.3. The first-order chi connectivity index (χ1) is 19.4. The Hall–Kier alpha value is -3.64. The van der Waals surface area contributed by atoms with Crippen molar-refractivity contribution in [3.8, 4) is 5.75 Å². The number of carbonyl (C=O) groups is 1. The summed E-state index contributed by atoms with van der Waals surface area (Å²) >= 11 is 0. The van der Waals surface area contributed by atoms with Crippen LogP contribution >= 0.6 is 0 Å². The van der Waals surface area contributed by atoms with Gasteiger partial charge in [0.1, 0.15) is 17.7 Å². The molecule has 1 aromatic heterocycles. The Morgan fingerprint density at radius 3 is 2.71 bits per heavy atom. The molecule has 2 aliphatic heterocycles. The molecule has 2 aromatic rings. The number of anilines is 2. The number of carbonyl (C=O) groups excluding carboxylic acids is 1. The van der Waals surface area contributed by atoms with Gasteiger partial charge in [-0.05, 0) is 64.8 Å². The van der Waals surface area contributed by atoms with Gasteiger partial charge in [0, 0.05) is 72.7 Å². The highest BCUT2D eigenvalue weighted by Gasteiger charge is 2.34. The monoisotopic (exact) mass is 583 g/mol. The number of amides is 1. The second-order valence-electron chi connectivity index (χ2n) is 11.1.